The van der Waals surface area contributed by atoms with Crippen molar-refractivity contribution in [2.45, 2.75) is 32.6 Å². The van der Waals surface area contributed by atoms with Gasteiger partial charge in [-0.1, -0.05) is 36.4 Å². The molecule has 39 heavy (non-hydrogen) atoms. The molecule has 0 aliphatic heterocycles. The summed E-state index contributed by atoms with van der Waals surface area (Å²) in [5, 5.41) is 0. The molecule has 1 heterocycles. The monoisotopic (exact) mass is 548 g/mol. The first-order valence-electron chi connectivity index (χ1n) is 11.7. The standard InChI is InChI=1S/C28H22F6N2O3/c1-16-24(18-8-5-12-23(39-2)25(18)31)26(37)35(14-13-17-7-3-4-10-21(17)29)27(38)36(16)15-19-20(28(32,33)34)9-6-11-22(19)30/h3-12H,13-15H2,1-2H3. The van der Waals surface area contributed by atoms with Crippen LogP contribution in [0, 0.1) is 24.4 Å². The van der Waals surface area contributed by atoms with E-state index in [0.29, 0.717) is 10.6 Å². The second-order valence-corrected chi connectivity index (χ2v) is 8.71. The van der Waals surface area contributed by atoms with E-state index in [4.69, 9.17) is 4.74 Å². The van der Waals surface area contributed by atoms with Gasteiger partial charge in [-0.15, -0.1) is 0 Å². The minimum Gasteiger partial charge on any atom is -0.494 e. The van der Waals surface area contributed by atoms with E-state index in [-0.39, 0.29) is 41.1 Å². The highest BCUT2D eigenvalue weighted by Gasteiger charge is 2.35. The first kappa shape index (κ1) is 27.7. The average Bonchev–Trinajstić information content (AvgIpc) is 2.88. The predicted molar refractivity (Wildman–Crippen MR) is 132 cm³/mol. The van der Waals surface area contributed by atoms with Gasteiger partial charge >= 0.3 is 11.9 Å². The molecule has 5 nitrogen and oxygen atoms in total. The maximum atomic E-state index is 15.3. The van der Waals surface area contributed by atoms with Crippen LogP contribution in [0.4, 0.5) is 26.3 Å². The molecule has 11 heteroatoms. The predicted octanol–water partition coefficient (Wildman–Crippen LogP) is 5.72. The maximum Gasteiger partial charge on any atom is 0.416 e. The van der Waals surface area contributed by atoms with Crippen molar-refractivity contribution in [3.8, 4) is 16.9 Å². The van der Waals surface area contributed by atoms with Crippen molar-refractivity contribution in [2.75, 3.05) is 7.11 Å². The number of methoxy groups -OCH3 is 1. The van der Waals surface area contributed by atoms with Crippen molar-refractivity contribution >= 4 is 0 Å². The summed E-state index contributed by atoms with van der Waals surface area (Å²) in [4.78, 5) is 27.1. The van der Waals surface area contributed by atoms with E-state index in [2.05, 4.69) is 0 Å². The van der Waals surface area contributed by atoms with Crippen LogP contribution < -0.4 is 16.0 Å². The number of benzene rings is 3. The van der Waals surface area contributed by atoms with Gasteiger partial charge in [0.2, 0.25) is 0 Å². The molecule has 3 aromatic carbocycles. The lowest BCUT2D eigenvalue weighted by Gasteiger charge is -2.20. The van der Waals surface area contributed by atoms with Gasteiger partial charge in [-0.3, -0.25) is 13.9 Å². The molecule has 0 bridgehead atoms. The Morgan fingerprint density at radius 2 is 1.51 bits per heavy atom. The van der Waals surface area contributed by atoms with Crippen molar-refractivity contribution in [2.24, 2.45) is 0 Å². The van der Waals surface area contributed by atoms with Gasteiger partial charge in [-0.05, 0) is 43.2 Å². The minimum atomic E-state index is -4.93. The minimum absolute atomic E-state index is 0.127. The van der Waals surface area contributed by atoms with Crippen LogP contribution in [0.2, 0.25) is 0 Å². The SMILES string of the molecule is COc1cccc(-c2c(C)n(Cc3c(F)cccc3C(F)(F)F)c(=O)n(CCc3ccccc3F)c2=O)c1F. The van der Waals surface area contributed by atoms with E-state index < -0.39 is 52.5 Å². The summed E-state index contributed by atoms with van der Waals surface area (Å²) in [5.41, 5.74) is -4.73. The molecule has 1 aromatic heterocycles. The smallest absolute Gasteiger partial charge is 0.416 e. The van der Waals surface area contributed by atoms with E-state index in [1.165, 1.54) is 50.4 Å². The number of alkyl halides is 3. The van der Waals surface area contributed by atoms with Crippen molar-refractivity contribution in [1.29, 1.82) is 0 Å². The number of hydrogen-bond acceptors (Lipinski definition) is 3. The summed E-state index contributed by atoms with van der Waals surface area (Å²) in [7, 11) is 1.21. The molecule has 0 spiro atoms. The lowest BCUT2D eigenvalue weighted by atomic mass is 10.0. The zero-order chi connectivity index (χ0) is 28.5. The second kappa shape index (κ2) is 10.8. The normalized spacial score (nSPS) is 11.6. The maximum absolute atomic E-state index is 15.3. The zero-order valence-corrected chi connectivity index (χ0v) is 20.8. The third-order valence-electron chi connectivity index (χ3n) is 6.44. The molecule has 0 unspecified atom stereocenters. The fourth-order valence-electron chi connectivity index (χ4n) is 4.43. The Kier molecular flexibility index (Phi) is 7.71. The highest BCUT2D eigenvalue weighted by molar-refractivity contribution is 5.67. The van der Waals surface area contributed by atoms with Crippen LogP contribution in [0.3, 0.4) is 0 Å². The van der Waals surface area contributed by atoms with Crippen LogP contribution in [0.15, 0.2) is 70.3 Å². The molecular weight excluding hydrogens is 526 g/mol. The Bertz CT molecular complexity index is 1660. The highest BCUT2D eigenvalue weighted by atomic mass is 19.4. The first-order valence-corrected chi connectivity index (χ1v) is 11.7. The van der Waals surface area contributed by atoms with E-state index >= 15 is 4.39 Å². The summed E-state index contributed by atoms with van der Waals surface area (Å²) in [6, 6.07) is 12.0. The third kappa shape index (κ3) is 5.34. The molecule has 4 aromatic rings. The van der Waals surface area contributed by atoms with Crippen LogP contribution in [-0.2, 0) is 25.7 Å². The highest BCUT2D eigenvalue weighted by Crippen LogP contribution is 2.34. The Balaban J connectivity index is 1.98. The Morgan fingerprint density at radius 1 is 0.846 bits per heavy atom. The molecule has 0 aliphatic rings. The van der Waals surface area contributed by atoms with Gasteiger partial charge in [0.1, 0.15) is 11.6 Å². The Labute approximate surface area is 218 Å². The summed E-state index contributed by atoms with van der Waals surface area (Å²) in [5.74, 6) is -2.95. The number of ether oxygens (including phenoxy) is 1. The van der Waals surface area contributed by atoms with Crippen LogP contribution in [0.25, 0.3) is 11.1 Å². The summed E-state index contributed by atoms with van der Waals surface area (Å²) in [6.45, 7) is -0.0159. The van der Waals surface area contributed by atoms with Gasteiger partial charge < -0.3 is 4.74 Å². The summed E-state index contributed by atoms with van der Waals surface area (Å²) in [6.07, 6.45) is -5.06. The molecule has 204 valence electrons. The zero-order valence-electron chi connectivity index (χ0n) is 20.8. The van der Waals surface area contributed by atoms with Crippen LogP contribution >= 0.6 is 0 Å². The molecule has 0 saturated heterocycles. The van der Waals surface area contributed by atoms with E-state index in [9.17, 15) is 31.5 Å². The molecule has 0 amide bonds. The van der Waals surface area contributed by atoms with Crippen molar-refractivity contribution in [1.82, 2.24) is 9.13 Å². The quantitative estimate of drug-likeness (QED) is 0.278. The lowest BCUT2D eigenvalue weighted by molar-refractivity contribution is -0.138. The topological polar surface area (TPSA) is 53.2 Å². The van der Waals surface area contributed by atoms with Gasteiger partial charge in [0.05, 0.1) is 24.8 Å². The molecule has 0 saturated carbocycles. The van der Waals surface area contributed by atoms with Crippen LogP contribution in [0.1, 0.15) is 22.4 Å². The Morgan fingerprint density at radius 3 is 2.18 bits per heavy atom. The third-order valence-corrected chi connectivity index (χ3v) is 6.44. The van der Waals surface area contributed by atoms with Crippen molar-refractivity contribution < 1.29 is 31.1 Å². The van der Waals surface area contributed by atoms with Crippen LogP contribution in [0.5, 0.6) is 5.75 Å². The molecule has 0 aliphatic carbocycles. The van der Waals surface area contributed by atoms with E-state index in [1.807, 2.05) is 0 Å². The largest absolute Gasteiger partial charge is 0.494 e. The van der Waals surface area contributed by atoms with Gasteiger partial charge in [0.25, 0.3) is 5.56 Å². The summed E-state index contributed by atoms with van der Waals surface area (Å²) < 4.78 is 91.7. The number of halogens is 6. The molecular formula is C28H22F6N2O3. The second-order valence-electron chi connectivity index (χ2n) is 8.71. The van der Waals surface area contributed by atoms with Crippen LogP contribution in [-0.4, -0.2) is 16.2 Å². The number of hydrogen-bond donors (Lipinski definition) is 0. The lowest BCUT2D eigenvalue weighted by Crippen LogP contribution is -2.43. The Hall–Kier alpha value is -4.28. The van der Waals surface area contributed by atoms with Gasteiger partial charge in [0, 0.05) is 23.4 Å². The number of rotatable bonds is 7. The average molecular weight is 548 g/mol. The fraction of sp³-hybridized carbons (Fsp3) is 0.214. The molecule has 0 atom stereocenters. The van der Waals surface area contributed by atoms with Gasteiger partial charge in [0.15, 0.2) is 11.6 Å². The first-order chi connectivity index (χ1) is 18.5. The van der Waals surface area contributed by atoms with Crippen molar-refractivity contribution in [3.63, 3.8) is 0 Å². The van der Waals surface area contributed by atoms with E-state index in [0.717, 1.165) is 16.7 Å². The van der Waals surface area contributed by atoms with E-state index in [1.54, 1.807) is 6.07 Å². The molecule has 0 radical (unpaired) electrons. The number of aromatic nitrogens is 2. The van der Waals surface area contributed by atoms with Gasteiger partial charge in [-0.25, -0.2) is 18.0 Å². The fourth-order valence-corrected chi connectivity index (χ4v) is 4.43. The molecule has 4 rings (SSSR count). The number of nitrogens with zero attached hydrogens (tertiary/aromatic N) is 2. The molecule has 0 N–H and O–H groups in total. The van der Waals surface area contributed by atoms with Crippen molar-refractivity contribution in [3.05, 3.63) is 121 Å². The number of aryl methyl sites for hydroxylation is 1. The summed E-state index contributed by atoms with van der Waals surface area (Å²) >= 11 is 0. The molecule has 0 fully saturated rings. The van der Waals surface area contributed by atoms with Gasteiger partial charge in [-0.2, -0.15) is 13.2 Å².